The van der Waals surface area contributed by atoms with E-state index in [0.29, 0.717) is 18.0 Å². The number of hydrogen-bond acceptors (Lipinski definition) is 6. The highest BCUT2D eigenvalue weighted by molar-refractivity contribution is 6.05. The summed E-state index contributed by atoms with van der Waals surface area (Å²) in [7, 11) is 0. The van der Waals surface area contributed by atoms with Gasteiger partial charge in [0.15, 0.2) is 5.78 Å². The Labute approximate surface area is 181 Å². The van der Waals surface area contributed by atoms with Crippen molar-refractivity contribution in [3.63, 3.8) is 0 Å². The van der Waals surface area contributed by atoms with E-state index < -0.39 is 12.0 Å². The van der Waals surface area contributed by atoms with E-state index in [1.165, 1.54) is 10.5 Å². The van der Waals surface area contributed by atoms with Crippen molar-refractivity contribution in [1.29, 1.82) is 0 Å². The van der Waals surface area contributed by atoms with Crippen LogP contribution in [-0.4, -0.2) is 58.2 Å². The van der Waals surface area contributed by atoms with Crippen molar-refractivity contribution in [3.05, 3.63) is 65.0 Å². The third kappa shape index (κ3) is 3.97. The number of hydrogen-bond donors (Lipinski definition) is 0. The van der Waals surface area contributed by atoms with Gasteiger partial charge in [0.1, 0.15) is 19.1 Å². The van der Waals surface area contributed by atoms with E-state index in [9.17, 15) is 14.4 Å². The molecule has 160 valence electrons. The number of aromatic nitrogens is 1. The molecule has 4 heterocycles. The first-order valence-corrected chi connectivity index (χ1v) is 10.8. The van der Waals surface area contributed by atoms with Crippen molar-refractivity contribution in [3.8, 4) is 0 Å². The van der Waals surface area contributed by atoms with Crippen LogP contribution in [0.15, 0.2) is 42.5 Å². The Bertz CT molecular complexity index is 1010. The van der Waals surface area contributed by atoms with Gasteiger partial charge in [-0.15, -0.1) is 0 Å². The third-order valence-corrected chi connectivity index (χ3v) is 6.53. The highest BCUT2D eigenvalue weighted by Gasteiger charge is 2.40. The van der Waals surface area contributed by atoms with Crippen molar-refractivity contribution in [1.82, 2.24) is 14.8 Å². The summed E-state index contributed by atoms with van der Waals surface area (Å²) in [5.74, 6) is -0.616. The Hall–Kier alpha value is -3.06. The Balaban J connectivity index is 1.24. The van der Waals surface area contributed by atoms with E-state index in [2.05, 4.69) is 29.2 Å². The number of carbonyl (C=O) groups excluding carboxylic acids is 3. The molecule has 0 saturated carbocycles. The van der Waals surface area contributed by atoms with Gasteiger partial charge < -0.3 is 9.64 Å². The number of ketones is 1. The van der Waals surface area contributed by atoms with Crippen LogP contribution in [0.2, 0.25) is 0 Å². The van der Waals surface area contributed by atoms with Gasteiger partial charge in [0.25, 0.3) is 5.91 Å². The standard InChI is InChI=1S/C24H25N3O4/c28-22-12-23(29)31-15-21(22)27-14-20-18(24(27)30)6-7-19(25-20)17-8-10-26(11-9-17)13-16-4-2-1-3-5-16/h1-7,17,21H,8-15H2. The fourth-order valence-corrected chi connectivity index (χ4v) is 4.77. The number of rotatable bonds is 4. The van der Waals surface area contributed by atoms with E-state index in [1.807, 2.05) is 18.2 Å². The molecular formula is C24H25N3O4. The van der Waals surface area contributed by atoms with Gasteiger partial charge in [-0.2, -0.15) is 0 Å². The Morgan fingerprint density at radius 1 is 1.00 bits per heavy atom. The van der Waals surface area contributed by atoms with E-state index in [4.69, 9.17) is 9.72 Å². The van der Waals surface area contributed by atoms with Crippen LogP contribution >= 0.6 is 0 Å². The van der Waals surface area contributed by atoms with Gasteiger partial charge in [-0.25, -0.2) is 0 Å². The minimum Gasteiger partial charge on any atom is -0.463 e. The average Bonchev–Trinajstić information content (AvgIpc) is 3.10. The van der Waals surface area contributed by atoms with Gasteiger partial charge >= 0.3 is 5.97 Å². The molecule has 1 unspecified atom stereocenters. The zero-order valence-electron chi connectivity index (χ0n) is 17.3. The predicted octanol–water partition coefficient (Wildman–Crippen LogP) is 2.30. The highest BCUT2D eigenvalue weighted by Crippen LogP contribution is 2.31. The molecule has 2 aromatic rings. The Morgan fingerprint density at radius 3 is 2.52 bits per heavy atom. The molecule has 5 rings (SSSR count). The lowest BCUT2D eigenvalue weighted by Gasteiger charge is -2.31. The lowest BCUT2D eigenvalue weighted by molar-refractivity contribution is -0.155. The molecule has 0 aliphatic carbocycles. The molecule has 1 amide bonds. The number of piperidine rings is 1. The molecular weight excluding hydrogens is 394 g/mol. The molecule has 1 aromatic carbocycles. The van der Waals surface area contributed by atoms with Crippen LogP contribution in [0, 0.1) is 0 Å². The second-order valence-electron chi connectivity index (χ2n) is 8.54. The molecule has 31 heavy (non-hydrogen) atoms. The first kappa shape index (κ1) is 19.9. The molecule has 0 bridgehead atoms. The Morgan fingerprint density at radius 2 is 1.77 bits per heavy atom. The number of likely N-dealkylation sites (tertiary alicyclic amines) is 1. The summed E-state index contributed by atoms with van der Waals surface area (Å²) in [4.78, 5) is 45.2. The normalized spacial score (nSPS) is 22.5. The second kappa shape index (κ2) is 8.23. The van der Waals surface area contributed by atoms with Crippen molar-refractivity contribution < 1.29 is 19.1 Å². The van der Waals surface area contributed by atoms with E-state index in [-0.39, 0.29) is 24.7 Å². The molecule has 2 saturated heterocycles. The van der Waals surface area contributed by atoms with Crippen LogP contribution in [0.1, 0.15) is 52.5 Å². The van der Waals surface area contributed by atoms with Gasteiger partial charge in [-0.3, -0.25) is 24.3 Å². The van der Waals surface area contributed by atoms with Crippen LogP contribution in [0.5, 0.6) is 0 Å². The molecule has 2 fully saturated rings. The largest absolute Gasteiger partial charge is 0.463 e. The van der Waals surface area contributed by atoms with Gasteiger partial charge in [0, 0.05) is 18.2 Å². The molecule has 7 heteroatoms. The van der Waals surface area contributed by atoms with Crippen molar-refractivity contribution in [2.24, 2.45) is 0 Å². The second-order valence-corrected chi connectivity index (χ2v) is 8.54. The first-order valence-electron chi connectivity index (χ1n) is 10.8. The van der Waals surface area contributed by atoms with Gasteiger partial charge in [-0.05, 0) is 43.6 Å². The number of esters is 1. The van der Waals surface area contributed by atoms with Crippen LogP contribution in [0.3, 0.4) is 0 Å². The predicted molar refractivity (Wildman–Crippen MR) is 112 cm³/mol. The van der Waals surface area contributed by atoms with Crippen molar-refractivity contribution in [2.45, 2.75) is 44.3 Å². The lowest BCUT2D eigenvalue weighted by Crippen LogP contribution is -2.48. The summed E-state index contributed by atoms with van der Waals surface area (Å²) in [5, 5.41) is 0. The topological polar surface area (TPSA) is 79.8 Å². The number of benzene rings is 1. The number of carbonyl (C=O) groups is 3. The van der Waals surface area contributed by atoms with Crippen LogP contribution in [0.4, 0.5) is 0 Å². The zero-order valence-corrected chi connectivity index (χ0v) is 17.3. The average molecular weight is 419 g/mol. The van der Waals surface area contributed by atoms with Crippen LogP contribution in [-0.2, 0) is 27.4 Å². The molecule has 3 aliphatic rings. The molecule has 7 nitrogen and oxygen atoms in total. The van der Waals surface area contributed by atoms with E-state index in [0.717, 1.165) is 43.9 Å². The number of ether oxygens (including phenoxy) is 1. The van der Waals surface area contributed by atoms with Crippen LogP contribution < -0.4 is 0 Å². The maximum atomic E-state index is 12.8. The molecule has 0 N–H and O–H groups in total. The summed E-state index contributed by atoms with van der Waals surface area (Å²) in [6.07, 6.45) is 1.80. The number of pyridine rings is 1. The third-order valence-electron chi connectivity index (χ3n) is 6.53. The molecule has 1 atom stereocenters. The van der Waals surface area contributed by atoms with Crippen molar-refractivity contribution >= 4 is 17.7 Å². The summed E-state index contributed by atoms with van der Waals surface area (Å²) in [6.45, 7) is 3.23. The maximum Gasteiger partial charge on any atom is 0.313 e. The monoisotopic (exact) mass is 419 g/mol. The fourth-order valence-electron chi connectivity index (χ4n) is 4.77. The summed E-state index contributed by atoms with van der Waals surface area (Å²) < 4.78 is 5.01. The number of cyclic esters (lactones) is 1. The summed E-state index contributed by atoms with van der Waals surface area (Å²) in [5.41, 5.74) is 3.63. The number of amides is 1. The van der Waals surface area contributed by atoms with Crippen molar-refractivity contribution in [2.75, 3.05) is 19.7 Å². The maximum absolute atomic E-state index is 12.8. The smallest absolute Gasteiger partial charge is 0.313 e. The quantitative estimate of drug-likeness (QED) is 0.559. The van der Waals surface area contributed by atoms with E-state index in [1.54, 1.807) is 0 Å². The molecule has 0 radical (unpaired) electrons. The highest BCUT2D eigenvalue weighted by atomic mass is 16.5. The van der Waals surface area contributed by atoms with E-state index >= 15 is 0 Å². The number of Topliss-reactive ketones (excluding diaryl/α,β-unsaturated/α-hetero) is 1. The molecule has 0 spiro atoms. The SMILES string of the molecule is O=C1CC(=O)C(N2Cc3nc(C4CCN(Cc5ccccc5)CC4)ccc3C2=O)CO1. The van der Waals surface area contributed by atoms with Gasteiger partial charge in [0.2, 0.25) is 0 Å². The minimum atomic E-state index is -0.705. The summed E-state index contributed by atoms with van der Waals surface area (Å²) in [6, 6.07) is 13.6. The summed E-state index contributed by atoms with van der Waals surface area (Å²) >= 11 is 0. The van der Waals surface area contributed by atoms with Gasteiger partial charge in [-0.1, -0.05) is 30.3 Å². The Kier molecular flexibility index (Phi) is 5.28. The molecule has 1 aromatic heterocycles. The van der Waals surface area contributed by atoms with Crippen LogP contribution in [0.25, 0.3) is 0 Å². The molecule has 3 aliphatic heterocycles. The lowest BCUT2D eigenvalue weighted by atomic mass is 9.92. The first-order chi connectivity index (χ1) is 15.1. The fraction of sp³-hybridized carbons (Fsp3) is 0.417. The number of nitrogens with zero attached hydrogens (tertiary/aromatic N) is 3. The zero-order chi connectivity index (χ0) is 21.4. The number of fused-ring (bicyclic) bond motifs is 1. The minimum absolute atomic E-state index is 0.0654. The van der Waals surface area contributed by atoms with Gasteiger partial charge in [0.05, 0.1) is 17.8 Å².